The standard InChI is InChI=1S/C15H27N3O/c1-12(2)14(9-16)15-10-17-11-18(15)7-8-19-13-5-3-4-6-13/h10-14H,3-9,16H2,1-2H3. The summed E-state index contributed by atoms with van der Waals surface area (Å²) in [7, 11) is 0. The highest BCUT2D eigenvalue weighted by Crippen LogP contribution is 2.23. The third-order valence-electron chi connectivity index (χ3n) is 4.17. The van der Waals surface area contributed by atoms with E-state index >= 15 is 0 Å². The maximum absolute atomic E-state index is 5.93. The lowest BCUT2D eigenvalue weighted by Gasteiger charge is -2.21. The first-order valence-corrected chi connectivity index (χ1v) is 7.54. The lowest BCUT2D eigenvalue weighted by molar-refractivity contribution is 0.0524. The van der Waals surface area contributed by atoms with Gasteiger partial charge in [0.05, 0.1) is 19.0 Å². The molecule has 0 saturated heterocycles. The van der Waals surface area contributed by atoms with Crippen LogP contribution in [0.2, 0.25) is 0 Å². The topological polar surface area (TPSA) is 53.1 Å². The molecule has 0 aromatic carbocycles. The van der Waals surface area contributed by atoms with Crippen molar-refractivity contribution in [3.8, 4) is 0 Å². The van der Waals surface area contributed by atoms with Gasteiger partial charge in [-0.05, 0) is 18.8 Å². The van der Waals surface area contributed by atoms with Gasteiger partial charge in [0.2, 0.25) is 0 Å². The molecule has 1 heterocycles. The van der Waals surface area contributed by atoms with Gasteiger partial charge in [-0.25, -0.2) is 4.98 Å². The number of rotatable bonds is 7. The SMILES string of the molecule is CC(C)C(CN)c1cncn1CCOC1CCCC1. The van der Waals surface area contributed by atoms with E-state index in [1.807, 2.05) is 12.5 Å². The summed E-state index contributed by atoms with van der Waals surface area (Å²) in [5, 5.41) is 0. The van der Waals surface area contributed by atoms with Crippen LogP contribution in [0.15, 0.2) is 12.5 Å². The van der Waals surface area contributed by atoms with E-state index < -0.39 is 0 Å². The van der Waals surface area contributed by atoms with Gasteiger partial charge in [0.15, 0.2) is 0 Å². The minimum absolute atomic E-state index is 0.383. The van der Waals surface area contributed by atoms with E-state index in [2.05, 4.69) is 23.4 Å². The molecule has 1 atom stereocenters. The molecule has 1 aliphatic carbocycles. The lowest BCUT2D eigenvalue weighted by atomic mass is 9.93. The van der Waals surface area contributed by atoms with Crippen LogP contribution in [0, 0.1) is 5.92 Å². The van der Waals surface area contributed by atoms with Crippen LogP contribution in [0.1, 0.15) is 51.1 Å². The maximum atomic E-state index is 5.93. The second kappa shape index (κ2) is 7.06. The van der Waals surface area contributed by atoms with Gasteiger partial charge in [0.25, 0.3) is 0 Å². The first-order chi connectivity index (χ1) is 9.22. The Morgan fingerprint density at radius 1 is 1.42 bits per heavy atom. The van der Waals surface area contributed by atoms with E-state index in [4.69, 9.17) is 10.5 Å². The van der Waals surface area contributed by atoms with Gasteiger partial charge in [0.1, 0.15) is 0 Å². The van der Waals surface area contributed by atoms with E-state index in [1.165, 1.54) is 31.4 Å². The molecule has 1 saturated carbocycles. The Kier molecular flexibility index (Phi) is 5.40. The highest BCUT2D eigenvalue weighted by Gasteiger charge is 2.19. The molecular weight excluding hydrogens is 238 g/mol. The summed E-state index contributed by atoms with van der Waals surface area (Å²) in [6.07, 6.45) is 9.45. The molecule has 1 aliphatic rings. The van der Waals surface area contributed by atoms with Crippen molar-refractivity contribution in [2.45, 2.75) is 58.1 Å². The van der Waals surface area contributed by atoms with Crippen LogP contribution < -0.4 is 5.73 Å². The zero-order valence-electron chi connectivity index (χ0n) is 12.2. The number of imidazole rings is 1. The molecule has 1 unspecified atom stereocenters. The molecule has 2 N–H and O–H groups in total. The van der Waals surface area contributed by atoms with Crippen LogP contribution >= 0.6 is 0 Å². The quantitative estimate of drug-likeness (QED) is 0.824. The fourth-order valence-corrected chi connectivity index (χ4v) is 2.93. The van der Waals surface area contributed by atoms with Crippen molar-refractivity contribution in [2.24, 2.45) is 11.7 Å². The summed E-state index contributed by atoms with van der Waals surface area (Å²) in [5.74, 6) is 0.921. The average Bonchev–Trinajstić information content (AvgIpc) is 3.02. The average molecular weight is 265 g/mol. The molecule has 1 aromatic rings. The van der Waals surface area contributed by atoms with Crippen LogP contribution in [0.25, 0.3) is 0 Å². The number of nitrogens with two attached hydrogens (primary N) is 1. The Morgan fingerprint density at radius 2 is 2.16 bits per heavy atom. The summed E-state index contributed by atoms with van der Waals surface area (Å²) < 4.78 is 8.13. The fourth-order valence-electron chi connectivity index (χ4n) is 2.93. The van der Waals surface area contributed by atoms with Crippen LogP contribution in [0.5, 0.6) is 0 Å². The first-order valence-electron chi connectivity index (χ1n) is 7.54. The van der Waals surface area contributed by atoms with Gasteiger partial charge in [0, 0.05) is 30.9 Å². The van der Waals surface area contributed by atoms with Gasteiger partial charge in [-0.1, -0.05) is 26.7 Å². The number of hydrogen-bond donors (Lipinski definition) is 1. The molecule has 4 heteroatoms. The molecule has 0 aliphatic heterocycles. The molecule has 2 rings (SSSR count). The second-order valence-corrected chi connectivity index (χ2v) is 5.88. The Balaban J connectivity index is 1.87. The Bertz CT molecular complexity index is 369. The number of nitrogens with zero attached hydrogens (tertiary/aromatic N) is 2. The normalized spacial score (nSPS) is 18.3. The van der Waals surface area contributed by atoms with Gasteiger partial charge >= 0.3 is 0 Å². The van der Waals surface area contributed by atoms with Crippen LogP contribution in [0.3, 0.4) is 0 Å². The predicted molar refractivity (Wildman–Crippen MR) is 77.1 cm³/mol. The molecule has 0 bridgehead atoms. The van der Waals surface area contributed by atoms with Crippen molar-refractivity contribution in [3.63, 3.8) is 0 Å². The molecule has 0 radical (unpaired) electrons. The van der Waals surface area contributed by atoms with Crippen molar-refractivity contribution in [1.82, 2.24) is 9.55 Å². The van der Waals surface area contributed by atoms with E-state index in [9.17, 15) is 0 Å². The number of ether oxygens (including phenoxy) is 1. The van der Waals surface area contributed by atoms with Crippen molar-refractivity contribution in [2.75, 3.05) is 13.2 Å². The number of aromatic nitrogens is 2. The summed E-state index contributed by atoms with van der Waals surface area (Å²) >= 11 is 0. The third-order valence-corrected chi connectivity index (χ3v) is 4.17. The molecule has 4 nitrogen and oxygen atoms in total. The van der Waals surface area contributed by atoms with Crippen molar-refractivity contribution in [3.05, 3.63) is 18.2 Å². The minimum Gasteiger partial charge on any atom is -0.376 e. The van der Waals surface area contributed by atoms with Gasteiger partial charge in [-0.2, -0.15) is 0 Å². The zero-order chi connectivity index (χ0) is 13.7. The van der Waals surface area contributed by atoms with Crippen molar-refractivity contribution in [1.29, 1.82) is 0 Å². The fraction of sp³-hybridized carbons (Fsp3) is 0.800. The Labute approximate surface area is 116 Å². The summed E-state index contributed by atoms with van der Waals surface area (Å²) in [6, 6.07) is 0. The minimum atomic E-state index is 0.383. The highest BCUT2D eigenvalue weighted by atomic mass is 16.5. The Morgan fingerprint density at radius 3 is 2.79 bits per heavy atom. The summed E-state index contributed by atoms with van der Waals surface area (Å²) in [5.41, 5.74) is 7.13. The van der Waals surface area contributed by atoms with Crippen LogP contribution in [-0.4, -0.2) is 28.8 Å². The second-order valence-electron chi connectivity index (χ2n) is 5.88. The molecule has 1 fully saturated rings. The monoisotopic (exact) mass is 265 g/mol. The largest absolute Gasteiger partial charge is 0.376 e. The summed E-state index contributed by atoms with van der Waals surface area (Å²) in [4.78, 5) is 4.28. The van der Waals surface area contributed by atoms with Crippen molar-refractivity contribution < 1.29 is 4.74 Å². The molecule has 19 heavy (non-hydrogen) atoms. The smallest absolute Gasteiger partial charge is 0.0949 e. The molecule has 0 amide bonds. The van der Waals surface area contributed by atoms with E-state index in [0.29, 0.717) is 24.5 Å². The highest BCUT2D eigenvalue weighted by molar-refractivity contribution is 5.08. The van der Waals surface area contributed by atoms with Gasteiger partial charge in [-0.3, -0.25) is 0 Å². The zero-order valence-corrected chi connectivity index (χ0v) is 12.2. The summed E-state index contributed by atoms with van der Waals surface area (Å²) in [6.45, 7) is 6.76. The molecular formula is C15H27N3O. The van der Waals surface area contributed by atoms with E-state index in [-0.39, 0.29) is 0 Å². The van der Waals surface area contributed by atoms with Crippen molar-refractivity contribution >= 4 is 0 Å². The lowest BCUT2D eigenvalue weighted by Crippen LogP contribution is -2.22. The third kappa shape index (κ3) is 3.80. The van der Waals surface area contributed by atoms with Gasteiger partial charge < -0.3 is 15.0 Å². The predicted octanol–water partition coefficient (Wildman–Crippen LogP) is 2.54. The van der Waals surface area contributed by atoms with Crippen LogP contribution in [0.4, 0.5) is 0 Å². The molecule has 108 valence electrons. The first kappa shape index (κ1) is 14.5. The van der Waals surface area contributed by atoms with E-state index in [0.717, 1.165) is 13.2 Å². The van der Waals surface area contributed by atoms with Gasteiger partial charge in [-0.15, -0.1) is 0 Å². The number of hydrogen-bond acceptors (Lipinski definition) is 3. The Hall–Kier alpha value is -0.870. The van der Waals surface area contributed by atoms with E-state index in [1.54, 1.807) is 0 Å². The van der Waals surface area contributed by atoms with Crippen LogP contribution in [-0.2, 0) is 11.3 Å². The molecule has 0 spiro atoms. The maximum Gasteiger partial charge on any atom is 0.0949 e. The molecule has 1 aromatic heterocycles.